The van der Waals surface area contributed by atoms with Crippen molar-refractivity contribution in [2.75, 3.05) is 0 Å². The van der Waals surface area contributed by atoms with Gasteiger partial charge in [-0.2, -0.15) is 5.10 Å². The third kappa shape index (κ3) is 1.44. The number of hydrogen-bond acceptors (Lipinski definition) is 2. The number of rotatable bonds is 1. The van der Waals surface area contributed by atoms with Crippen molar-refractivity contribution < 1.29 is 0 Å². The van der Waals surface area contributed by atoms with Crippen LogP contribution in [0.1, 0.15) is 24.1 Å². The highest BCUT2D eigenvalue weighted by Crippen LogP contribution is 2.28. The standard InChI is InChI=1S/C12H13N3/c1-2-4-11-10(3-1)12(15-14-11)9-5-7-13-8-6-9/h5-8H,1-4H2,(H,14,15). The van der Waals surface area contributed by atoms with Gasteiger partial charge in [0.05, 0.1) is 5.69 Å². The van der Waals surface area contributed by atoms with Crippen molar-refractivity contribution in [1.82, 2.24) is 15.2 Å². The molecule has 0 unspecified atom stereocenters. The zero-order valence-corrected chi connectivity index (χ0v) is 8.53. The Morgan fingerprint density at radius 3 is 2.73 bits per heavy atom. The van der Waals surface area contributed by atoms with E-state index in [4.69, 9.17) is 0 Å². The van der Waals surface area contributed by atoms with Crippen LogP contribution in [0.25, 0.3) is 11.3 Å². The Labute approximate surface area is 88.6 Å². The van der Waals surface area contributed by atoms with Crippen LogP contribution >= 0.6 is 0 Å². The number of aromatic amines is 1. The quantitative estimate of drug-likeness (QED) is 0.766. The Bertz CT molecular complexity index is 459. The third-order valence-corrected chi connectivity index (χ3v) is 3.01. The molecule has 15 heavy (non-hydrogen) atoms. The van der Waals surface area contributed by atoms with Crippen LogP contribution in [0.2, 0.25) is 0 Å². The van der Waals surface area contributed by atoms with Crippen molar-refractivity contribution in [2.45, 2.75) is 25.7 Å². The van der Waals surface area contributed by atoms with Gasteiger partial charge in [-0.25, -0.2) is 0 Å². The van der Waals surface area contributed by atoms with Crippen LogP contribution < -0.4 is 0 Å². The molecule has 1 N–H and O–H groups in total. The second-order valence-electron chi connectivity index (χ2n) is 3.97. The lowest BCUT2D eigenvalue weighted by atomic mass is 9.94. The van der Waals surface area contributed by atoms with Gasteiger partial charge in [0.1, 0.15) is 0 Å². The molecule has 76 valence electrons. The van der Waals surface area contributed by atoms with E-state index in [1.54, 1.807) is 0 Å². The summed E-state index contributed by atoms with van der Waals surface area (Å²) in [6.45, 7) is 0. The maximum absolute atomic E-state index is 4.42. The molecule has 0 aromatic carbocycles. The predicted molar refractivity (Wildman–Crippen MR) is 58.5 cm³/mol. The second kappa shape index (κ2) is 3.50. The molecule has 0 aliphatic heterocycles. The van der Waals surface area contributed by atoms with Gasteiger partial charge in [-0.1, -0.05) is 0 Å². The molecule has 0 radical (unpaired) electrons. The first-order chi connectivity index (χ1) is 7.45. The van der Waals surface area contributed by atoms with Crippen LogP contribution in [0.3, 0.4) is 0 Å². The number of hydrogen-bond donors (Lipinski definition) is 1. The van der Waals surface area contributed by atoms with Crippen molar-refractivity contribution in [3.8, 4) is 11.3 Å². The molecular formula is C12H13N3. The topological polar surface area (TPSA) is 41.6 Å². The summed E-state index contributed by atoms with van der Waals surface area (Å²) in [7, 11) is 0. The van der Waals surface area contributed by atoms with E-state index in [2.05, 4.69) is 15.2 Å². The summed E-state index contributed by atoms with van der Waals surface area (Å²) in [4.78, 5) is 4.03. The van der Waals surface area contributed by atoms with Gasteiger partial charge in [0.25, 0.3) is 0 Å². The molecule has 2 aromatic rings. The molecule has 0 bridgehead atoms. The van der Waals surface area contributed by atoms with Crippen molar-refractivity contribution in [3.63, 3.8) is 0 Å². The largest absolute Gasteiger partial charge is 0.282 e. The zero-order chi connectivity index (χ0) is 10.1. The molecule has 0 saturated heterocycles. The van der Waals surface area contributed by atoms with Gasteiger partial charge in [-0.05, 0) is 37.8 Å². The van der Waals surface area contributed by atoms with E-state index in [0.29, 0.717) is 0 Å². The molecule has 0 fully saturated rings. The number of H-pyrrole nitrogens is 1. The summed E-state index contributed by atoms with van der Waals surface area (Å²) in [6, 6.07) is 4.04. The van der Waals surface area contributed by atoms with Gasteiger partial charge in [-0.3, -0.25) is 10.1 Å². The minimum Gasteiger partial charge on any atom is -0.282 e. The van der Waals surface area contributed by atoms with Gasteiger partial charge in [0.15, 0.2) is 0 Å². The second-order valence-corrected chi connectivity index (χ2v) is 3.97. The van der Waals surface area contributed by atoms with Gasteiger partial charge < -0.3 is 0 Å². The molecule has 3 nitrogen and oxygen atoms in total. The summed E-state index contributed by atoms with van der Waals surface area (Å²) in [5.41, 5.74) is 5.03. The van der Waals surface area contributed by atoms with Crippen molar-refractivity contribution in [2.24, 2.45) is 0 Å². The third-order valence-electron chi connectivity index (χ3n) is 3.01. The van der Waals surface area contributed by atoms with E-state index in [1.165, 1.54) is 29.7 Å². The van der Waals surface area contributed by atoms with Crippen LogP contribution in [0, 0.1) is 0 Å². The first-order valence-electron chi connectivity index (χ1n) is 5.41. The summed E-state index contributed by atoms with van der Waals surface area (Å²) >= 11 is 0. The monoisotopic (exact) mass is 199 g/mol. The Kier molecular flexibility index (Phi) is 2.02. The van der Waals surface area contributed by atoms with Crippen LogP contribution in [0.4, 0.5) is 0 Å². The van der Waals surface area contributed by atoms with Gasteiger partial charge in [0, 0.05) is 29.2 Å². The summed E-state index contributed by atoms with van der Waals surface area (Å²) in [6.07, 6.45) is 8.50. The van der Waals surface area contributed by atoms with Gasteiger partial charge in [0.2, 0.25) is 0 Å². The van der Waals surface area contributed by atoms with E-state index < -0.39 is 0 Å². The highest BCUT2D eigenvalue weighted by molar-refractivity contribution is 5.63. The van der Waals surface area contributed by atoms with E-state index in [1.807, 2.05) is 24.5 Å². The number of fused-ring (bicyclic) bond motifs is 1. The van der Waals surface area contributed by atoms with Crippen LogP contribution in [0.5, 0.6) is 0 Å². The molecule has 0 spiro atoms. The minimum atomic E-state index is 1.12. The van der Waals surface area contributed by atoms with Gasteiger partial charge in [-0.15, -0.1) is 0 Å². The summed E-state index contributed by atoms with van der Waals surface area (Å²) in [5.74, 6) is 0. The van der Waals surface area contributed by atoms with E-state index in [9.17, 15) is 0 Å². The molecule has 0 saturated carbocycles. The normalized spacial score (nSPS) is 14.9. The Morgan fingerprint density at radius 2 is 1.87 bits per heavy atom. The first kappa shape index (κ1) is 8.65. The molecule has 3 heteroatoms. The van der Waals surface area contributed by atoms with Crippen molar-refractivity contribution in [1.29, 1.82) is 0 Å². The number of pyridine rings is 1. The molecule has 1 aliphatic carbocycles. The van der Waals surface area contributed by atoms with Gasteiger partial charge >= 0.3 is 0 Å². The molecule has 3 rings (SSSR count). The Hall–Kier alpha value is -1.64. The van der Waals surface area contributed by atoms with Crippen molar-refractivity contribution in [3.05, 3.63) is 35.8 Å². The van der Waals surface area contributed by atoms with Crippen molar-refractivity contribution >= 4 is 0 Å². The molecule has 0 atom stereocenters. The number of nitrogens with zero attached hydrogens (tertiary/aromatic N) is 2. The number of nitrogens with one attached hydrogen (secondary N) is 1. The SMILES string of the molecule is c1cc(-c2n[nH]c3c2CCCC3)ccn1. The highest BCUT2D eigenvalue weighted by Gasteiger charge is 2.17. The molecule has 2 heterocycles. The van der Waals surface area contributed by atoms with E-state index in [0.717, 1.165) is 18.5 Å². The molecular weight excluding hydrogens is 186 g/mol. The van der Waals surface area contributed by atoms with Crippen LogP contribution in [0.15, 0.2) is 24.5 Å². The summed E-state index contributed by atoms with van der Waals surface area (Å²) in [5, 5.41) is 7.57. The fourth-order valence-corrected chi connectivity index (χ4v) is 2.23. The molecule has 1 aliphatic rings. The fraction of sp³-hybridized carbons (Fsp3) is 0.333. The van der Waals surface area contributed by atoms with Crippen LogP contribution in [-0.2, 0) is 12.8 Å². The minimum absolute atomic E-state index is 1.12. The maximum Gasteiger partial charge on any atom is 0.0956 e. The van der Waals surface area contributed by atoms with E-state index in [-0.39, 0.29) is 0 Å². The molecule has 2 aromatic heterocycles. The zero-order valence-electron chi connectivity index (χ0n) is 8.53. The lowest BCUT2D eigenvalue weighted by Gasteiger charge is -2.10. The Morgan fingerprint density at radius 1 is 1.07 bits per heavy atom. The fourth-order valence-electron chi connectivity index (χ4n) is 2.23. The highest BCUT2D eigenvalue weighted by atomic mass is 15.1. The average molecular weight is 199 g/mol. The average Bonchev–Trinajstić information content (AvgIpc) is 2.74. The first-order valence-corrected chi connectivity index (χ1v) is 5.41. The maximum atomic E-state index is 4.42. The predicted octanol–water partition coefficient (Wildman–Crippen LogP) is 2.35. The van der Waals surface area contributed by atoms with Crippen LogP contribution in [-0.4, -0.2) is 15.2 Å². The number of aryl methyl sites for hydroxylation is 1. The summed E-state index contributed by atoms with van der Waals surface area (Å²) < 4.78 is 0. The Balaban J connectivity index is 2.09. The molecule has 0 amide bonds. The lowest BCUT2D eigenvalue weighted by Crippen LogP contribution is -2.01. The number of aromatic nitrogens is 3. The van der Waals surface area contributed by atoms with E-state index >= 15 is 0 Å². The lowest BCUT2D eigenvalue weighted by molar-refractivity contribution is 0.675. The smallest absolute Gasteiger partial charge is 0.0956 e.